The summed E-state index contributed by atoms with van der Waals surface area (Å²) in [6, 6.07) is 17.1. The van der Waals surface area contributed by atoms with Crippen molar-refractivity contribution in [3.8, 4) is 17.2 Å². The highest BCUT2D eigenvalue weighted by atomic mass is 16.5. The molecular weight excluding hydrogens is 438 g/mol. The summed E-state index contributed by atoms with van der Waals surface area (Å²) in [4.78, 5) is 38.3. The van der Waals surface area contributed by atoms with Crippen molar-refractivity contribution in [1.82, 2.24) is 15.4 Å². The van der Waals surface area contributed by atoms with Gasteiger partial charge in [0.2, 0.25) is 5.75 Å². The molecule has 9 heteroatoms. The molecule has 2 amide bonds. The van der Waals surface area contributed by atoms with Crippen molar-refractivity contribution in [3.63, 3.8) is 0 Å². The number of carbonyl (C=O) groups excluding carboxylic acids is 2. The van der Waals surface area contributed by atoms with Gasteiger partial charge in [-0.05, 0) is 36.4 Å². The number of hydrogen-bond acceptors (Lipinski definition) is 6. The number of benzene rings is 3. The normalized spacial score (nSPS) is 10.7. The van der Waals surface area contributed by atoms with Gasteiger partial charge < -0.3 is 18.8 Å². The van der Waals surface area contributed by atoms with Crippen molar-refractivity contribution in [2.75, 3.05) is 21.3 Å². The third-order valence-electron chi connectivity index (χ3n) is 5.42. The molecule has 0 fully saturated rings. The maximum absolute atomic E-state index is 12.8. The number of methoxy groups -OCH3 is 3. The smallest absolute Gasteiger partial charge is 0.269 e. The van der Waals surface area contributed by atoms with Crippen molar-refractivity contribution >= 4 is 33.6 Å². The van der Waals surface area contributed by atoms with E-state index in [2.05, 4.69) is 10.9 Å². The van der Waals surface area contributed by atoms with Crippen LogP contribution in [0.4, 0.5) is 0 Å². The highest BCUT2D eigenvalue weighted by molar-refractivity contribution is 5.97. The Balaban J connectivity index is 1.58. The summed E-state index contributed by atoms with van der Waals surface area (Å²) in [7, 11) is 4.35. The summed E-state index contributed by atoms with van der Waals surface area (Å²) in [5.41, 5.74) is 6.18. The summed E-state index contributed by atoms with van der Waals surface area (Å²) >= 11 is 0. The molecule has 34 heavy (non-hydrogen) atoms. The van der Waals surface area contributed by atoms with Crippen LogP contribution in [0.25, 0.3) is 21.8 Å². The minimum absolute atomic E-state index is 0.0986. The van der Waals surface area contributed by atoms with Gasteiger partial charge in [-0.3, -0.25) is 25.2 Å². The van der Waals surface area contributed by atoms with E-state index in [-0.39, 0.29) is 17.5 Å². The van der Waals surface area contributed by atoms with Crippen molar-refractivity contribution < 1.29 is 23.8 Å². The number of aromatic nitrogens is 1. The van der Waals surface area contributed by atoms with Crippen LogP contribution >= 0.6 is 0 Å². The van der Waals surface area contributed by atoms with Gasteiger partial charge in [0, 0.05) is 16.3 Å². The number of rotatable bonds is 6. The lowest BCUT2D eigenvalue weighted by atomic mass is 10.1. The molecule has 0 saturated heterocycles. The van der Waals surface area contributed by atoms with E-state index >= 15 is 0 Å². The lowest BCUT2D eigenvalue weighted by Crippen LogP contribution is -2.43. The molecule has 0 spiro atoms. The van der Waals surface area contributed by atoms with E-state index in [4.69, 9.17) is 14.2 Å². The third-order valence-corrected chi connectivity index (χ3v) is 5.42. The second-order valence-electron chi connectivity index (χ2n) is 7.37. The Morgan fingerprint density at radius 2 is 1.32 bits per heavy atom. The first-order chi connectivity index (χ1) is 16.5. The van der Waals surface area contributed by atoms with E-state index in [1.165, 1.54) is 33.5 Å². The first-order valence-electron chi connectivity index (χ1n) is 10.4. The fourth-order valence-electron chi connectivity index (χ4n) is 3.84. The van der Waals surface area contributed by atoms with Crippen molar-refractivity contribution in [3.05, 3.63) is 76.5 Å². The van der Waals surface area contributed by atoms with Gasteiger partial charge in [0.25, 0.3) is 11.8 Å². The van der Waals surface area contributed by atoms with Gasteiger partial charge in [-0.2, -0.15) is 0 Å². The highest BCUT2D eigenvalue weighted by Gasteiger charge is 2.18. The second kappa shape index (κ2) is 9.53. The van der Waals surface area contributed by atoms with E-state index in [1.807, 2.05) is 0 Å². The predicted molar refractivity (Wildman–Crippen MR) is 127 cm³/mol. The molecule has 0 aliphatic rings. The predicted octanol–water partition coefficient (Wildman–Crippen LogP) is 2.64. The number of para-hydroxylation sites is 2. The Kier molecular flexibility index (Phi) is 6.35. The van der Waals surface area contributed by atoms with Crippen molar-refractivity contribution in [1.29, 1.82) is 0 Å². The average molecular weight is 461 g/mol. The topological polar surface area (TPSA) is 108 Å². The van der Waals surface area contributed by atoms with Crippen LogP contribution < -0.4 is 30.5 Å². The monoisotopic (exact) mass is 461 g/mol. The lowest BCUT2D eigenvalue weighted by Gasteiger charge is -2.16. The first kappa shape index (κ1) is 22.7. The zero-order valence-corrected chi connectivity index (χ0v) is 18.9. The fraction of sp³-hybridized carbons (Fsp3) is 0.160. The van der Waals surface area contributed by atoms with Gasteiger partial charge >= 0.3 is 0 Å². The van der Waals surface area contributed by atoms with E-state index in [9.17, 15) is 14.4 Å². The highest BCUT2D eigenvalue weighted by Crippen LogP contribution is 2.38. The summed E-state index contributed by atoms with van der Waals surface area (Å²) in [6.07, 6.45) is 0. The molecular formula is C25H23N3O6. The molecule has 1 heterocycles. The zero-order valence-electron chi connectivity index (χ0n) is 18.9. The van der Waals surface area contributed by atoms with Gasteiger partial charge in [0.15, 0.2) is 16.9 Å². The number of carbonyl (C=O) groups is 2. The number of hydrogen-bond donors (Lipinski definition) is 2. The van der Waals surface area contributed by atoms with Crippen LogP contribution in [0.5, 0.6) is 17.2 Å². The molecule has 4 aromatic rings. The lowest BCUT2D eigenvalue weighted by molar-refractivity contribution is -0.122. The van der Waals surface area contributed by atoms with Gasteiger partial charge in [-0.25, -0.2) is 0 Å². The van der Waals surface area contributed by atoms with Gasteiger partial charge in [-0.1, -0.05) is 24.3 Å². The van der Waals surface area contributed by atoms with Gasteiger partial charge in [-0.15, -0.1) is 0 Å². The molecule has 1 aromatic heterocycles. The number of nitrogens with zero attached hydrogens (tertiary/aromatic N) is 1. The van der Waals surface area contributed by atoms with Crippen LogP contribution in [0.2, 0.25) is 0 Å². The second-order valence-corrected chi connectivity index (χ2v) is 7.37. The average Bonchev–Trinajstić information content (AvgIpc) is 2.88. The summed E-state index contributed by atoms with van der Waals surface area (Å²) in [6.45, 7) is -0.114. The SMILES string of the molecule is COc1cc(C(=O)NNC(=O)Cn2c3ccccc3c(=O)c3ccccc32)cc(OC)c1OC. The van der Waals surface area contributed by atoms with E-state index < -0.39 is 11.8 Å². The maximum Gasteiger partial charge on any atom is 0.269 e. The van der Waals surface area contributed by atoms with Gasteiger partial charge in [0.1, 0.15) is 6.54 Å². The zero-order chi connectivity index (χ0) is 24.2. The fourth-order valence-corrected chi connectivity index (χ4v) is 3.84. The molecule has 0 radical (unpaired) electrons. The minimum atomic E-state index is -0.567. The van der Waals surface area contributed by atoms with Crippen molar-refractivity contribution in [2.45, 2.75) is 6.54 Å². The summed E-state index contributed by atoms with van der Waals surface area (Å²) < 4.78 is 17.5. The van der Waals surface area contributed by atoms with Crippen LogP contribution in [0.15, 0.2) is 65.5 Å². The molecule has 0 unspecified atom stereocenters. The number of amides is 2. The van der Waals surface area contributed by atoms with Crippen molar-refractivity contribution in [2.24, 2.45) is 0 Å². The van der Waals surface area contributed by atoms with Gasteiger partial charge in [0.05, 0.1) is 32.4 Å². The maximum atomic E-state index is 12.8. The van der Waals surface area contributed by atoms with E-state index in [1.54, 1.807) is 53.1 Å². The number of ether oxygens (including phenoxy) is 3. The third kappa shape index (κ3) is 4.11. The van der Waals surface area contributed by atoms with Crippen LogP contribution in [-0.4, -0.2) is 37.7 Å². The molecule has 0 aliphatic heterocycles. The summed E-state index contributed by atoms with van der Waals surface area (Å²) in [5.74, 6) is -0.0708. The molecule has 0 aliphatic carbocycles. The Bertz CT molecular complexity index is 1380. The number of pyridine rings is 1. The molecule has 0 atom stereocenters. The molecule has 174 valence electrons. The summed E-state index contributed by atoms with van der Waals surface area (Å²) in [5, 5.41) is 1.02. The molecule has 4 rings (SSSR count). The number of fused-ring (bicyclic) bond motifs is 2. The van der Waals surface area contributed by atoms with Crippen LogP contribution in [0.1, 0.15) is 10.4 Å². The quantitative estimate of drug-likeness (QED) is 0.338. The van der Waals surface area contributed by atoms with Crippen LogP contribution in [-0.2, 0) is 11.3 Å². The number of hydrazine groups is 1. The largest absolute Gasteiger partial charge is 0.493 e. The Labute approximate surface area is 194 Å². The molecule has 0 saturated carbocycles. The molecule has 9 nitrogen and oxygen atoms in total. The minimum Gasteiger partial charge on any atom is -0.493 e. The first-order valence-corrected chi connectivity index (χ1v) is 10.4. The molecule has 3 aromatic carbocycles. The Hall–Kier alpha value is -4.53. The Morgan fingerprint density at radius 3 is 1.82 bits per heavy atom. The molecule has 2 N–H and O–H groups in total. The van der Waals surface area contributed by atoms with E-state index in [0.29, 0.717) is 39.1 Å². The number of nitrogens with one attached hydrogen (secondary N) is 2. The van der Waals surface area contributed by atoms with Crippen LogP contribution in [0.3, 0.4) is 0 Å². The standard InChI is InChI=1S/C25H23N3O6/c1-32-20-12-15(13-21(33-2)24(20)34-3)25(31)27-26-22(29)14-28-18-10-6-4-8-16(18)23(30)17-9-5-7-11-19(17)28/h4-13H,14H2,1-3H3,(H,26,29)(H,27,31). The molecule has 0 bridgehead atoms. The van der Waals surface area contributed by atoms with Crippen LogP contribution in [0, 0.1) is 0 Å². The Morgan fingerprint density at radius 1 is 0.794 bits per heavy atom. The van der Waals surface area contributed by atoms with E-state index in [0.717, 1.165) is 0 Å².